The van der Waals surface area contributed by atoms with E-state index in [4.69, 9.17) is 15.6 Å². The number of hydrogen-bond donors (Lipinski definition) is 2. The van der Waals surface area contributed by atoms with Crippen LogP contribution in [0.4, 0.5) is 26.0 Å². The molecule has 0 radical (unpaired) electrons. The first-order chi connectivity index (χ1) is 18.6. The number of rotatable bonds is 7. The normalized spacial score (nSPS) is 18.4. The second kappa shape index (κ2) is 10.5. The molecular weight excluding hydrogens is 488 g/mol. The molecule has 1 atom stereocenters. The first-order valence-electron chi connectivity index (χ1n) is 13.1. The van der Waals surface area contributed by atoms with Crippen LogP contribution >= 0.6 is 0 Å². The Morgan fingerprint density at radius 2 is 1.89 bits per heavy atom. The highest BCUT2D eigenvalue weighted by Gasteiger charge is 2.30. The summed E-state index contributed by atoms with van der Waals surface area (Å²) in [5.74, 6) is -0.142. The number of hydrogen-bond acceptors (Lipinski definition) is 7. The van der Waals surface area contributed by atoms with Crippen molar-refractivity contribution < 1.29 is 13.5 Å². The third-order valence-electron chi connectivity index (χ3n) is 7.41. The highest BCUT2D eigenvalue weighted by Crippen LogP contribution is 2.37. The van der Waals surface area contributed by atoms with Gasteiger partial charge < -0.3 is 20.7 Å². The SMILES string of the molecule is Nc1ccc(-c2cnc3ccc(N4CCCC4c4cc(F)ccc4F)nn23)cc1NCCN1CCOCC1. The summed E-state index contributed by atoms with van der Waals surface area (Å²) in [6.07, 6.45) is 3.39. The average molecular weight is 520 g/mol. The van der Waals surface area contributed by atoms with E-state index in [1.165, 1.54) is 12.1 Å². The van der Waals surface area contributed by atoms with Crippen LogP contribution in [0.15, 0.2) is 54.7 Å². The monoisotopic (exact) mass is 519 g/mol. The van der Waals surface area contributed by atoms with E-state index in [1.807, 2.05) is 35.2 Å². The van der Waals surface area contributed by atoms with E-state index in [2.05, 4.69) is 15.2 Å². The van der Waals surface area contributed by atoms with E-state index in [1.54, 1.807) is 10.7 Å². The lowest BCUT2D eigenvalue weighted by atomic mass is 10.0. The van der Waals surface area contributed by atoms with Gasteiger partial charge in [-0.2, -0.15) is 0 Å². The third kappa shape index (κ3) is 4.89. The van der Waals surface area contributed by atoms with Crippen LogP contribution in [0, 0.1) is 11.6 Å². The third-order valence-corrected chi connectivity index (χ3v) is 7.41. The molecule has 2 aromatic carbocycles. The number of nitrogens with two attached hydrogens (primary N) is 1. The zero-order chi connectivity index (χ0) is 26.1. The number of halogens is 2. The highest BCUT2D eigenvalue weighted by atomic mass is 19.1. The zero-order valence-electron chi connectivity index (χ0n) is 21.1. The van der Waals surface area contributed by atoms with E-state index in [0.29, 0.717) is 29.3 Å². The fraction of sp³-hybridized carbons (Fsp3) is 0.357. The average Bonchev–Trinajstić information content (AvgIpc) is 3.59. The molecule has 2 aromatic heterocycles. The summed E-state index contributed by atoms with van der Waals surface area (Å²) in [4.78, 5) is 8.96. The maximum Gasteiger partial charge on any atom is 0.154 e. The summed E-state index contributed by atoms with van der Waals surface area (Å²) < 4.78 is 35.8. The van der Waals surface area contributed by atoms with Crippen molar-refractivity contribution in [2.24, 2.45) is 0 Å². The minimum absolute atomic E-state index is 0.276. The molecule has 198 valence electrons. The van der Waals surface area contributed by atoms with Gasteiger partial charge in [-0.15, -0.1) is 5.10 Å². The second-order valence-electron chi connectivity index (χ2n) is 9.81. The summed E-state index contributed by atoms with van der Waals surface area (Å²) in [5, 5.41) is 8.36. The zero-order valence-corrected chi connectivity index (χ0v) is 21.1. The molecule has 0 bridgehead atoms. The molecule has 3 N–H and O–H groups in total. The molecule has 2 aliphatic heterocycles. The van der Waals surface area contributed by atoms with Gasteiger partial charge in [0.25, 0.3) is 0 Å². The molecule has 0 spiro atoms. The largest absolute Gasteiger partial charge is 0.397 e. The molecule has 1 unspecified atom stereocenters. The van der Waals surface area contributed by atoms with Crippen LogP contribution in [-0.2, 0) is 4.74 Å². The number of morpholine rings is 1. The van der Waals surface area contributed by atoms with Crippen molar-refractivity contribution in [3.63, 3.8) is 0 Å². The van der Waals surface area contributed by atoms with Gasteiger partial charge in [-0.1, -0.05) is 6.07 Å². The minimum atomic E-state index is -0.439. The smallest absolute Gasteiger partial charge is 0.154 e. The molecule has 38 heavy (non-hydrogen) atoms. The van der Waals surface area contributed by atoms with Crippen LogP contribution < -0.4 is 16.0 Å². The Bertz CT molecular complexity index is 1440. The van der Waals surface area contributed by atoms with E-state index in [-0.39, 0.29) is 6.04 Å². The number of ether oxygens (including phenoxy) is 1. The van der Waals surface area contributed by atoms with Crippen molar-refractivity contribution in [1.82, 2.24) is 19.5 Å². The fourth-order valence-corrected chi connectivity index (χ4v) is 5.39. The van der Waals surface area contributed by atoms with E-state index in [0.717, 1.165) is 75.2 Å². The quantitative estimate of drug-likeness (QED) is 0.352. The molecule has 2 fully saturated rings. The number of fused-ring (bicyclic) bond motifs is 1. The summed E-state index contributed by atoms with van der Waals surface area (Å²) in [6.45, 7) is 5.83. The van der Waals surface area contributed by atoms with Gasteiger partial charge in [-0.05, 0) is 55.3 Å². The van der Waals surface area contributed by atoms with Crippen LogP contribution in [0.1, 0.15) is 24.4 Å². The lowest BCUT2D eigenvalue weighted by Crippen LogP contribution is -2.39. The topological polar surface area (TPSA) is 84.0 Å². The molecular formula is C28H31F2N7O. The number of nitrogens with one attached hydrogen (secondary N) is 1. The van der Waals surface area contributed by atoms with E-state index in [9.17, 15) is 8.78 Å². The van der Waals surface area contributed by atoms with Gasteiger partial charge in [0.05, 0.1) is 42.5 Å². The van der Waals surface area contributed by atoms with Gasteiger partial charge in [0.2, 0.25) is 0 Å². The van der Waals surface area contributed by atoms with Crippen LogP contribution in [0.2, 0.25) is 0 Å². The van der Waals surface area contributed by atoms with Crippen LogP contribution in [0.3, 0.4) is 0 Å². The summed E-state index contributed by atoms with van der Waals surface area (Å²) >= 11 is 0. The molecule has 0 aliphatic carbocycles. The number of anilines is 3. The lowest BCUT2D eigenvalue weighted by Gasteiger charge is -2.26. The Morgan fingerprint density at radius 3 is 2.76 bits per heavy atom. The van der Waals surface area contributed by atoms with Gasteiger partial charge in [0.15, 0.2) is 5.65 Å². The molecule has 10 heteroatoms. The second-order valence-corrected chi connectivity index (χ2v) is 9.81. The van der Waals surface area contributed by atoms with Crippen molar-refractivity contribution >= 4 is 22.8 Å². The predicted molar refractivity (Wildman–Crippen MR) is 144 cm³/mol. The van der Waals surface area contributed by atoms with Crippen molar-refractivity contribution in [3.05, 3.63) is 71.9 Å². The maximum absolute atomic E-state index is 14.6. The van der Waals surface area contributed by atoms with Crippen molar-refractivity contribution in [2.45, 2.75) is 18.9 Å². The van der Waals surface area contributed by atoms with Gasteiger partial charge in [0, 0.05) is 43.9 Å². The molecule has 6 rings (SSSR count). The Kier molecular flexibility index (Phi) is 6.82. The van der Waals surface area contributed by atoms with Crippen LogP contribution in [-0.4, -0.2) is 65.4 Å². The Labute approximate surface area is 220 Å². The number of benzene rings is 2. The molecule has 4 heterocycles. The summed E-state index contributed by atoms with van der Waals surface area (Å²) in [7, 11) is 0. The number of aromatic nitrogens is 3. The molecule has 4 aromatic rings. The Morgan fingerprint density at radius 1 is 1.03 bits per heavy atom. The standard InChI is InChI=1S/C28H31F2N7O/c29-20-4-5-22(30)21(17-20)25-2-1-10-36(25)28-8-7-27-33-18-26(37(27)34-28)19-3-6-23(31)24(16-19)32-9-11-35-12-14-38-15-13-35/h3-8,16-18,25,32H,1-2,9-15,31H2. The van der Waals surface area contributed by atoms with Crippen molar-refractivity contribution in [3.8, 4) is 11.3 Å². The Balaban J connectivity index is 1.26. The molecule has 2 saturated heterocycles. The number of imidazole rings is 1. The van der Waals surface area contributed by atoms with E-state index >= 15 is 0 Å². The van der Waals surface area contributed by atoms with Gasteiger partial charge in [-0.3, -0.25) is 4.90 Å². The van der Waals surface area contributed by atoms with E-state index < -0.39 is 11.6 Å². The minimum Gasteiger partial charge on any atom is -0.397 e. The van der Waals surface area contributed by atoms with Gasteiger partial charge in [-0.25, -0.2) is 18.3 Å². The fourth-order valence-electron chi connectivity index (χ4n) is 5.39. The number of nitrogens with zero attached hydrogens (tertiary/aromatic N) is 5. The molecule has 8 nitrogen and oxygen atoms in total. The van der Waals surface area contributed by atoms with Crippen molar-refractivity contribution in [1.29, 1.82) is 0 Å². The summed E-state index contributed by atoms with van der Waals surface area (Å²) in [5.41, 5.74) is 10.6. The highest BCUT2D eigenvalue weighted by molar-refractivity contribution is 5.75. The van der Waals surface area contributed by atoms with Gasteiger partial charge >= 0.3 is 0 Å². The predicted octanol–water partition coefficient (Wildman–Crippen LogP) is 4.34. The maximum atomic E-state index is 14.6. The first kappa shape index (κ1) is 24.6. The van der Waals surface area contributed by atoms with Crippen molar-refractivity contribution in [2.75, 3.05) is 61.9 Å². The van der Waals surface area contributed by atoms with Crippen LogP contribution in [0.25, 0.3) is 16.9 Å². The van der Waals surface area contributed by atoms with Crippen LogP contribution in [0.5, 0.6) is 0 Å². The summed E-state index contributed by atoms with van der Waals surface area (Å²) in [6, 6.07) is 13.0. The first-order valence-corrected chi connectivity index (χ1v) is 13.1. The van der Waals surface area contributed by atoms with Gasteiger partial charge in [0.1, 0.15) is 17.5 Å². The Hall–Kier alpha value is -3.76. The lowest BCUT2D eigenvalue weighted by molar-refractivity contribution is 0.0398. The molecule has 2 aliphatic rings. The molecule has 0 saturated carbocycles. The number of nitrogen functional groups attached to an aromatic ring is 1. The molecule has 0 amide bonds.